The minimum absolute atomic E-state index is 0.0648. The maximum atomic E-state index is 11.4. The summed E-state index contributed by atoms with van der Waals surface area (Å²) in [7, 11) is 1.56. The van der Waals surface area contributed by atoms with E-state index in [2.05, 4.69) is 5.32 Å². The Kier molecular flexibility index (Phi) is 4.85. The van der Waals surface area contributed by atoms with Gasteiger partial charge in [-0.3, -0.25) is 4.79 Å². The smallest absolute Gasteiger partial charge is 0.217 e. The molecule has 2 rings (SSSR count). The highest BCUT2D eigenvalue weighted by Gasteiger charge is 2.27. The molecule has 0 radical (unpaired) electrons. The Morgan fingerprint density at radius 3 is 2.86 bits per heavy atom. The molecular weight excluding hydrogens is 270 g/mol. The van der Waals surface area contributed by atoms with Gasteiger partial charge in [-0.2, -0.15) is 0 Å². The second-order valence-electron chi connectivity index (χ2n) is 5.50. The van der Waals surface area contributed by atoms with Gasteiger partial charge in [-0.1, -0.05) is 0 Å². The van der Waals surface area contributed by atoms with Crippen LogP contribution in [0.1, 0.15) is 47.7 Å². The lowest BCUT2D eigenvalue weighted by Gasteiger charge is -2.30. The van der Waals surface area contributed by atoms with Gasteiger partial charge in [0.1, 0.15) is 11.9 Å². The monoisotopic (exact) mass is 293 g/mol. The maximum absolute atomic E-state index is 11.4. The largest absolute Gasteiger partial charge is 0.493 e. The van der Waals surface area contributed by atoms with Crippen LogP contribution in [0.4, 0.5) is 0 Å². The second kappa shape index (κ2) is 6.45. The molecule has 0 aliphatic carbocycles. The van der Waals surface area contributed by atoms with E-state index in [1.807, 2.05) is 19.9 Å². The first kappa shape index (κ1) is 15.8. The van der Waals surface area contributed by atoms with Crippen LogP contribution in [-0.4, -0.2) is 31.3 Å². The minimum Gasteiger partial charge on any atom is -0.493 e. The first-order valence-corrected chi connectivity index (χ1v) is 7.16. The third kappa shape index (κ3) is 3.19. The number of carbonyl (C=O) groups is 1. The molecule has 0 saturated heterocycles. The molecular formula is C16H23NO4. The second-order valence-corrected chi connectivity index (χ2v) is 5.50. The summed E-state index contributed by atoms with van der Waals surface area (Å²) in [5, 5.41) is 13.2. The van der Waals surface area contributed by atoms with Crippen molar-refractivity contribution in [2.24, 2.45) is 0 Å². The molecule has 1 amide bonds. The predicted octanol–water partition coefficient (Wildman–Crippen LogP) is 1.94. The predicted molar refractivity (Wildman–Crippen MR) is 79.4 cm³/mol. The Morgan fingerprint density at radius 2 is 2.24 bits per heavy atom. The van der Waals surface area contributed by atoms with Crippen LogP contribution in [0.2, 0.25) is 0 Å². The highest BCUT2D eigenvalue weighted by Crippen LogP contribution is 2.39. The van der Waals surface area contributed by atoms with Crippen molar-refractivity contribution in [1.29, 1.82) is 0 Å². The normalized spacial score (nSPS) is 18.6. The molecule has 1 heterocycles. The summed E-state index contributed by atoms with van der Waals surface area (Å²) in [5.74, 6) is 0.760. The van der Waals surface area contributed by atoms with Gasteiger partial charge in [0.05, 0.1) is 19.3 Å². The van der Waals surface area contributed by atoms with Crippen molar-refractivity contribution in [2.75, 3.05) is 20.3 Å². The maximum Gasteiger partial charge on any atom is 0.217 e. The molecule has 0 bridgehead atoms. The Bertz CT molecular complexity index is 542. The number of benzene rings is 1. The number of aliphatic hydroxyl groups excluding tert-OH is 1. The van der Waals surface area contributed by atoms with Gasteiger partial charge < -0.3 is 19.9 Å². The van der Waals surface area contributed by atoms with E-state index in [9.17, 15) is 9.90 Å². The zero-order chi connectivity index (χ0) is 15.6. The molecule has 1 aromatic rings. The number of carbonyl (C=O) groups excluding carboxylic acids is 1. The van der Waals surface area contributed by atoms with Gasteiger partial charge in [-0.25, -0.2) is 0 Å². The van der Waals surface area contributed by atoms with E-state index >= 15 is 0 Å². The molecule has 0 spiro atoms. The fourth-order valence-corrected chi connectivity index (χ4v) is 2.82. The molecule has 0 fully saturated rings. The van der Waals surface area contributed by atoms with E-state index in [-0.39, 0.29) is 18.6 Å². The van der Waals surface area contributed by atoms with Gasteiger partial charge in [0, 0.05) is 26.0 Å². The first-order chi connectivity index (χ1) is 9.95. The summed E-state index contributed by atoms with van der Waals surface area (Å²) in [5.41, 5.74) is 3.77. The van der Waals surface area contributed by atoms with Gasteiger partial charge in [0.2, 0.25) is 5.91 Å². The molecule has 0 saturated carbocycles. The van der Waals surface area contributed by atoms with Crippen LogP contribution >= 0.6 is 0 Å². The summed E-state index contributed by atoms with van der Waals surface area (Å²) >= 11 is 0. The summed E-state index contributed by atoms with van der Waals surface area (Å²) in [6.07, 6.45) is 0.0495. The lowest BCUT2D eigenvalue weighted by molar-refractivity contribution is -0.119. The van der Waals surface area contributed by atoms with Crippen molar-refractivity contribution in [1.82, 2.24) is 5.32 Å². The number of aliphatic hydroxyl groups is 1. The number of amides is 1. The fourth-order valence-electron chi connectivity index (χ4n) is 2.82. The molecule has 0 aromatic heterocycles. The highest BCUT2D eigenvalue weighted by molar-refractivity contribution is 5.73. The molecule has 1 aliphatic rings. The van der Waals surface area contributed by atoms with Crippen LogP contribution in [0.3, 0.4) is 0 Å². The number of rotatable bonds is 4. The minimum atomic E-state index is -0.682. The molecule has 116 valence electrons. The van der Waals surface area contributed by atoms with Crippen molar-refractivity contribution in [3.8, 4) is 5.75 Å². The van der Waals surface area contributed by atoms with Crippen LogP contribution in [0.15, 0.2) is 6.07 Å². The SMILES string of the molecule is COCC(O)c1cc2c(c(C)c1C)OCCC2NC(C)=O. The number of hydrogen-bond donors (Lipinski definition) is 2. The average Bonchev–Trinajstić information content (AvgIpc) is 2.43. The van der Waals surface area contributed by atoms with E-state index in [0.717, 1.165) is 34.4 Å². The van der Waals surface area contributed by atoms with Gasteiger partial charge >= 0.3 is 0 Å². The summed E-state index contributed by atoms with van der Waals surface area (Å²) in [6, 6.07) is 1.86. The van der Waals surface area contributed by atoms with Gasteiger partial charge in [-0.05, 0) is 36.6 Å². The topological polar surface area (TPSA) is 67.8 Å². The first-order valence-electron chi connectivity index (χ1n) is 7.16. The van der Waals surface area contributed by atoms with Crippen molar-refractivity contribution in [2.45, 2.75) is 39.3 Å². The van der Waals surface area contributed by atoms with E-state index < -0.39 is 6.10 Å². The quantitative estimate of drug-likeness (QED) is 0.890. The van der Waals surface area contributed by atoms with E-state index in [1.165, 1.54) is 6.92 Å². The third-order valence-corrected chi connectivity index (χ3v) is 4.00. The molecule has 1 aromatic carbocycles. The molecule has 1 aliphatic heterocycles. The number of ether oxygens (including phenoxy) is 2. The summed E-state index contributed by atoms with van der Waals surface area (Å²) < 4.78 is 10.8. The number of methoxy groups -OCH3 is 1. The van der Waals surface area contributed by atoms with Gasteiger partial charge in [-0.15, -0.1) is 0 Å². The van der Waals surface area contributed by atoms with Crippen molar-refractivity contribution in [3.05, 3.63) is 28.3 Å². The number of hydrogen-bond acceptors (Lipinski definition) is 4. The van der Waals surface area contributed by atoms with E-state index in [4.69, 9.17) is 9.47 Å². The van der Waals surface area contributed by atoms with Crippen molar-refractivity contribution in [3.63, 3.8) is 0 Å². The van der Waals surface area contributed by atoms with Gasteiger partial charge in [0.25, 0.3) is 0 Å². The lowest BCUT2D eigenvalue weighted by atomic mass is 9.90. The molecule has 2 unspecified atom stereocenters. The summed E-state index contributed by atoms with van der Waals surface area (Å²) in [6.45, 7) is 6.28. The fraction of sp³-hybridized carbons (Fsp3) is 0.562. The lowest BCUT2D eigenvalue weighted by Crippen LogP contribution is -2.31. The van der Waals surface area contributed by atoms with Gasteiger partial charge in [0.15, 0.2) is 0 Å². The average molecular weight is 293 g/mol. The van der Waals surface area contributed by atoms with Crippen LogP contribution in [0.25, 0.3) is 0 Å². The Morgan fingerprint density at radius 1 is 1.52 bits per heavy atom. The molecule has 2 N–H and O–H groups in total. The molecule has 5 heteroatoms. The Balaban J connectivity index is 2.47. The summed E-state index contributed by atoms with van der Waals surface area (Å²) in [4.78, 5) is 11.4. The molecule has 21 heavy (non-hydrogen) atoms. The zero-order valence-electron chi connectivity index (χ0n) is 13.0. The van der Waals surface area contributed by atoms with Crippen molar-refractivity contribution < 1.29 is 19.4 Å². The standard InChI is InChI=1S/C16H23NO4/c1-9-10(2)16-13(7-12(9)15(19)8-20-4)14(5-6-21-16)17-11(3)18/h7,14-15,19H,5-6,8H2,1-4H3,(H,17,18). The molecule has 2 atom stereocenters. The van der Waals surface area contributed by atoms with Crippen LogP contribution in [-0.2, 0) is 9.53 Å². The highest BCUT2D eigenvalue weighted by atomic mass is 16.5. The molecule has 5 nitrogen and oxygen atoms in total. The number of nitrogens with one attached hydrogen (secondary N) is 1. The van der Waals surface area contributed by atoms with E-state index in [0.29, 0.717) is 6.61 Å². The Labute approximate surface area is 125 Å². The van der Waals surface area contributed by atoms with E-state index in [1.54, 1.807) is 7.11 Å². The third-order valence-electron chi connectivity index (χ3n) is 4.00. The van der Waals surface area contributed by atoms with Crippen LogP contribution in [0.5, 0.6) is 5.75 Å². The Hall–Kier alpha value is -1.59. The van der Waals surface area contributed by atoms with Crippen molar-refractivity contribution >= 4 is 5.91 Å². The van der Waals surface area contributed by atoms with Crippen LogP contribution in [0, 0.1) is 13.8 Å². The zero-order valence-corrected chi connectivity index (χ0v) is 13.0. The van der Waals surface area contributed by atoms with Crippen LogP contribution < -0.4 is 10.1 Å². The number of fused-ring (bicyclic) bond motifs is 1.